The summed E-state index contributed by atoms with van der Waals surface area (Å²) in [5.41, 5.74) is 1.01. The van der Waals surface area contributed by atoms with Gasteiger partial charge in [-0.3, -0.25) is 9.59 Å². The van der Waals surface area contributed by atoms with Crippen LogP contribution < -0.4 is 10.1 Å². The number of hydrogen-bond acceptors (Lipinski definition) is 3. The maximum atomic E-state index is 11.5. The summed E-state index contributed by atoms with van der Waals surface area (Å²) in [6.45, 7) is 1.98. The molecule has 1 aromatic carbocycles. The first-order chi connectivity index (χ1) is 9.04. The Morgan fingerprint density at radius 2 is 2.05 bits per heavy atom. The van der Waals surface area contributed by atoms with Gasteiger partial charge >= 0.3 is 5.97 Å². The van der Waals surface area contributed by atoms with E-state index in [-0.39, 0.29) is 12.3 Å². The summed E-state index contributed by atoms with van der Waals surface area (Å²) in [7, 11) is 1.60. The first kappa shape index (κ1) is 15.0. The fourth-order valence-corrected chi connectivity index (χ4v) is 1.68. The van der Waals surface area contributed by atoms with Gasteiger partial charge in [-0.15, -0.1) is 0 Å². The van der Waals surface area contributed by atoms with Crippen LogP contribution in [0.15, 0.2) is 24.3 Å². The number of amides is 1. The molecule has 5 heteroatoms. The van der Waals surface area contributed by atoms with Gasteiger partial charge in [0.2, 0.25) is 5.91 Å². The zero-order valence-corrected chi connectivity index (χ0v) is 11.2. The van der Waals surface area contributed by atoms with Crippen LogP contribution in [0, 0.1) is 5.92 Å². The number of para-hydroxylation sites is 1. The van der Waals surface area contributed by atoms with Crippen molar-refractivity contribution in [1.29, 1.82) is 0 Å². The number of ether oxygens (including phenoxy) is 1. The van der Waals surface area contributed by atoms with E-state index in [1.165, 1.54) is 6.92 Å². The molecule has 0 spiro atoms. The van der Waals surface area contributed by atoms with Crippen LogP contribution in [0.1, 0.15) is 18.9 Å². The van der Waals surface area contributed by atoms with E-state index >= 15 is 0 Å². The van der Waals surface area contributed by atoms with Gasteiger partial charge in [-0.2, -0.15) is 0 Å². The Kier molecular flexibility index (Phi) is 5.85. The van der Waals surface area contributed by atoms with E-state index in [4.69, 9.17) is 9.84 Å². The van der Waals surface area contributed by atoms with Crippen LogP contribution >= 0.6 is 0 Å². The molecule has 0 aliphatic rings. The molecule has 0 aliphatic carbocycles. The highest BCUT2D eigenvalue weighted by atomic mass is 16.5. The molecule has 0 aliphatic heterocycles. The third kappa shape index (κ3) is 4.99. The van der Waals surface area contributed by atoms with Crippen molar-refractivity contribution < 1.29 is 19.4 Å². The fraction of sp³-hybridized carbons (Fsp3) is 0.429. The second-order valence-corrected chi connectivity index (χ2v) is 4.36. The molecule has 19 heavy (non-hydrogen) atoms. The van der Waals surface area contributed by atoms with E-state index in [0.29, 0.717) is 13.0 Å². The molecule has 104 valence electrons. The van der Waals surface area contributed by atoms with Gasteiger partial charge in [-0.05, 0) is 18.1 Å². The van der Waals surface area contributed by atoms with Crippen molar-refractivity contribution in [3.05, 3.63) is 29.8 Å². The van der Waals surface area contributed by atoms with Crippen LogP contribution in [0.3, 0.4) is 0 Å². The highest BCUT2D eigenvalue weighted by Gasteiger charge is 2.15. The largest absolute Gasteiger partial charge is 0.496 e. The van der Waals surface area contributed by atoms with Crippen LogP contribution in [-0.2, 0) is 16.0 Å². The first-order valence-corrected chi connectivity index (χ1v) is 6.16. The first-order valence-electron chi connectivity index (χ1n) is 6.16. The number of carboxylic acids is 1. The monoisotopic (exact) mass is 265 g/mol. The van der Waals surface area contributed by atoms with Gasteiger partial charge in [-0.25, -0.2) is 0 Å². The third-order valence-corrected chi connectivity index (χ3v) is 2.82. The van der Waals surface area contributed by atoms with E-state index in [1.807, 2.05) is 24.3 Å². The van der Waals surface area contributed by atoms with Crippen molar-refractivity contribution in [2.24, 2.45) is 5.92 Å². The van der Waals surface area contributed by atoms with Gasteiger partial charge in [0, 0.05) is 13.0 Å². The Balaban J connectivity index is 2.38. The number of methoxy groups -OCH3 is 1. The number of carbonyl (C=O) groups excluding carboxylic acids is 1. The van der Waals surface area contributed by atoms with Crippen LogP contribution in [0.2, 0.25) is 0 Å². The molecule has 0 radical (unpaired) electrons. The maximum Gasteiger partial charge on any atom is 0.306 e. The van der Waals surface area contributed by atoms with Gasteiger partial charge in [0.15, 0.2) is 0 Å². The van der Waals surface area contributed by atoms with Gasteiger partial charge in [-0.1, -0.05) is 25.1 Å². The molecular weight excluding hydrogens is 246 g/mol. The summed E-state index contributed by atoms with van der Waals surface area (Å²) in [4.78, 5) is 22.1. The van der Waals surface area contributed by atoms with E-state index in [9.17, 15) is 9.59 Å². The standard InChI is InChI=1S/C14H19NO4/c1-10(14(17)18)9-13(16)15-8-7-11-5-3-4-6-12(11)19-2/h3-6,10H,7-9H2,1-2H3,(H,15,16)(H,17,18). The molecule has 0 bridgehead atoms. The van der Waals surface area contributed by atoms with E-state index in [2.05, 4.69) is 5.32 Å². The van der Waals surface area contributed by atoms with Crippen LogP contribution in [-0.4, -0.2) is 30.6 Å². The predicted octanol–water partition coefficient (Wildman–Crippen LogP) is 1.46. The van der Waals surface area contributed by atoms with Crippen molar-refractivity contribution in [1.82, 2.24) is 5.32 Å². The highest BCUT2D eigenvalue weighted by molar-refractivity contribution is 5.81. The number of benzene rings is 1. The molecule has 0 fully saturated rings. The molecule has 1 amide bonds. The summed E-state index contributed by atoms with van der Waals surface area (Å²) in [6.07, 6.45) is 0.651. The second-order valence-electron chi connectivity index (χ2n) is 4.36. The number of hydrogen-bond donors (Lipinski definition) is 2. The lowest BCUT2D eigenvalue weighted by Crippen LogP contribution is -2.28. The van der Waals surface area contributed by atoms with Gasteiger partial charge in [0.1, 0.15) is 5.75 Å². The maximum absolute atomic E-state index is 11.5. The molecule has 0 aromatic heterocycles. The summed E-state index contributed by atoms with van der Waals surface area (Å²) in [5.74, 6) is -1.08. The highest BCUT2D eigenvalue weighted by Crippen LogP contribution is 2.17. The Morgan fingerprint density at radius 1 is 1.37 bits per heavy atom. The van der Waals surface area contributed by atoms with E-state index in [1.54, 1.807) is 7.11 Å². The molecule has 1 rings (SSSR count). The van der Waals surface area contributed by atoms with Crippen molar-refractivity contribution in [3.8, 4) is 5.75 Å². The van der Waals surface area contributed by atoms with Crippen molar-refractivity contribution in [2.45, 2.75) is 19.8 Å². The minimum absolute atomic E-state index is 0.00125. The summed E-state index contributed by atoms with van der Waals surface area (Å²) >= 11 is 0. The van der Waals surface area contributed by atoms with Gasteiger partial charge < -0.3 is 15.2 Å². The summed E-state index contributed by atoms with van der Waals surface area (Å²) in [5, 5.41) is 11.4. The number of carbonyl (C=O) groups is 2. The Morgan fingerprint density at radius 3 is 2.68 bits per heavy atom. The second kappa shape index (κ2) is 7.41. The molecule has 1 atom stereocenters. The van der Waals surface area contributed by atoms with Gasteiger partial charge in [0.25, 0.3) is 0 Å². The zero-order valence-electron chi connectivity index (χ0n) is 11.2. The third-order valence-electron chi connectivity index (χ3n) is 2.82. The lowest BCUT2D eigenvalue weighted by Gasteiger charge is -2.10. The normalized spacial score (nSPS) is 11.7. The van der Waals surface area contributed by atoms with Crippen molar-refractivity contribution >= 4 is 11.9 Å². The Bertz CT molecular complexity index is 445. The molecule has 0 saturated carbocycles. The predicted molar refractivity (Wildman–Crippen MR) is 71.1 cm³/mol. The smallest absolute Gasteiger partial charge is 0.306 e. The average molecular weight is 265 g/mol. The van der Waals surface area contributed by atoms with Crippen LogP contribution in [0.25, 0.3) is 0 Å². The molecule has 1 unspecified atom stereocenters. The van der Waals surface area contributed by atoms with Crippen LogP contribution in [0.4, 0.5) is 0 Å². The molecule has 0 heterocycles. The lowest BCUT2D eigenvalue weighted by atomic mass is 10.1. The molecular formula is C14H19NO4. The Labute approximate surface area is 112 Å². The van der Waals surface area contributed by atoms with Gasteiger partial charge in [0.05, 0.1) is 13.0 Å². The molecule has 0 saturated heterocycles. The fourth-order valence-electron chi connectivity index (χ4n) is 1.68. The number of nitrogens with one attached hydrogen (secondary N) is 1. The molecule has 5 nitrogen and oxygen atoms in total. The van der Waals surface area contributed by atoms with E-state index in [0.717, 1.165) is 11.3 Å². The quantitative estimate of drug-likeness (QED) is 0.782. The number of rotatable bonds is 7. The minimum atomic E-state index is -0.958. The molecule has 1 aromatic rings. The van der Waals surface area contributed by atoms with E-state index < -0.39 is 11.9 Å². The average Bonchev–Trinajstić information content (AvgIpc) is 2.39. The summed E-state index contributed by atoms with van der Waals surface area (Å²) in [6, 6.07) is 7.59. The van der Waals surface area contributed by atoms with Crippen molar-refractivity contribution in [3.63, 3.8) is 0 Å². The SMILES string of the molecule is COc1ccccc1CCNC(=O)CC(C)C(=O)O. The molecule has 2 N–H and O–H groups in total. The van der Waals surface area contributed by atoms with Crippen molar-refractivity contribution in [2.75, 3.05) is 13.7 Å². The Hall–Kier alpha value is -2.04. The number of aliphatic carboxylic acids is 1. The number of carboxylic acid groups (broad SMARTS) is 1. The minimum Gasteiger partial charge on any atom is -0.496 e. The zero-order chi connectivity index (χ0) is 14.3. The summed E-state index contributed by atoms with van der Waals surface area (Å²) < 4.78 is 5.21. The van der Waals surface area contributed by atoms with Crippen LogP contribution in [0.5, 0.6) is 5.75 Å². The topological polar surface area (TPSA) is 75.6 Å². The lowest BCUT2D eigenvalue weighted by molar-refractivity contribution is -0.143.